The van der Waals surface area contributed by atoms with Gasteiger partial charge < -0.3 is 0 Å². The lowest BCUT2D eigenvalue weighted by Crippen LogP contribution is -2.30. The van der Waals surface area contributed by atoms with E-state index in [-0.39, 0.29) is 11.9 Å². The van der Waals surface area contributed by atoms with Gasteiger partial charge in [-0.05, 0) is 56.0 Å². The molecular formula is C28H29N5O. The third-order valence-electron chi connectivity index (χ3n) is 6.52. The summed E-state index contributed by atoms with van der Waals surface area (Å²) in [7, 11) is 0. The van der Waals surface area contributed by atoms with E-state index in [4.69, 9.17) is 4.98 Å². The lowest BCUT2D eigenvalue weighted by atomic mass is 9.97. The molecule has 1 aliphatic heterocycles. The number of carbonyl (C=O) groups excluding carboxylic acids is 1. The van der Waals surface area contributed by atoms with E-state index in [9.17, 15) is 4.79 Å². The lowest BCUT2D eigenvalue weighted by molar-refractivity contribution is -0.117. The third kappa shape index (κ3) is 3.79. The summed E-state index contributed by atoms with van der Waals surface area (Å²) in [6.07, 6.45) is 2.14. The molecule has 0 aliphatic carbocycles. The van der Waals surface area contributed by atoms with Gasteiger partial charge in [-0.15, -0.1) is 0 Å². The molecule has 1 aliphatic rings. The second-order valence-electron chi connectivity index (χ2n) is 9.33. The SMILES string of the molecule is Cc1cc(C)n(-c2ccc([C@@H](C)N3C(=O)Cc4cnc(-c5ccccc5C(C)C)nc43)cc2)n1. The zero-order valence-corrected chi connectivity index (χ0v) is 20.3. The molecule has 4 aromatic rings. The van der Waals surface area contributed by atoms with Gasteiger partial charge in [-0.2, -0.15) is 5.10 Å². The van der Waals surface area contributed by atoms with Gasteiger partial charge in [-0.25, -0.2) is 14.6 Å². The van der Waals surface area contributed by atoms with Gasteiger partial charge >= 0.3 is 0 Å². The van der Waals surface area contributed by atoms with Crippen molar-refractivity contribution >= 4 is 11.7 Å². The molecule has 0 saturated carbocycles. The summed E-state index contributed by atoms with van der Waals surface area (Å²) >= 11 is 0. The summed E-state index contributed by atoms with van der Waals surface area (Å²) < 4.78 is 1.94. The average molecular weight is 452 g/mol. The molecule has 172 valence electrons. The van der Waals surface area contributed by atoms with Crippen LogP contribution in [-0.2, 0) is 11.2 Å². The van der Waals surface area contributed by atoms with E-state index in [1.165, 1.54) is 5.56 Å². The first kappa shape index (κ1) is 22.0. The molecule has 0 saturated heterocycles. The largest absolute Gasteiger partial charge is 0.289 e. The first-order valence-electron chi connectivity index (χ1n) is 11.7. The first-order chi connectivity index (χ1) is 16.3. The van der Waals surface area contributed by atoms with Crippen LogP contribution >= 0.6 is 0 Å². The highest BCUT2D eigenvalue weighted by Gasteiger charge is 2.34. The van der Waals surface area contributed by atoms with Crippen LogP contribution in [0.1, 0.15) is 60.8 Å². The third-order valence-corrected chi connectivity index (χ3v) is 6.52. The molecule has 0 bridgehead atoms. The van der Waals surface area contributed by atoms with Crippen LogP contribution in [0.15, 0.2) is 60.8 Å². The highest BCUT2D eigenvalue weighted by molar-refractivity contribution is 6.01. The van der Waals surface area contributed by atoms with Gasteiger partial charge in [0.25, 0.3) is 0 Å². The molecule has 1 atom stereocenters. The van der Waals surface area contributed by atoms with Crippen LogP contribution in [0.2, 0.25) is 0 Å². The average Bonchev–Trinajstić information content (AvgIpc) is 3.35. The van der Waals surface area contributed by atoms with Crippen molar-refractivity contribution in [3.8, 4) is 17.1 Å². The summed E-state index contributed by atoms with van der Waals surface area (Å²) in [5.41, 5.74) is 7.23. The van der Waals surface area contributed by atoms with Crippen LogP contribution in [0.4, 0.5) is 5.82 Å². The summed E-state index contributed by atoms with van der Waals surface area (Å²) in [5, 5.41) is 4.57. The molecule has 1 amide bonds. The van der Waals surface area contributed by atoms with Gasteiger partial charge in [0.1, 0.15) is 5.82 Å². The van der Waals surface area contributed by atoms with Crippen LogP contribution in [0, 0.1) is 13.8 Å². The second kappa shape index (κ2) is 8.52. The van der Waals surface area contributed by atoms with E-state index in [1.807, 2.05) is 41.8 Å². The predicted molar refractivity (Wildman–Crippen MR) is 134 cm³/mol. The Balaban J connectivity index is 1.49. The fourth-order valence-corrected chi connectivity index (χ4v) is 4.76. The molecule has 0 unspecified atom stereocenters. The standard InChI is InChI=1S/C28H29N5O/c1-17(2)24-8-6-7-9-25(24)27-29-16-22-15-26(34)32(28(22)30-27)20(5)21-10-12-23(13-11-21)33-19(4)14-18(3)31-33/h6-14,16-17,20H,15H2,1-5H3/t20-/m1/s1. The number of aromatic nitrogens is 4. The number of rotatable bonds is 5. The maximum absolute atomic E-state index is 13.0. The fourth-order valence-electron chi connectivity index (χ4n) is 4.76. The van der Waals surface area contributed by atoms with Gasteiger partial charge in [0.2, 0.25) is 5.91 Å². The molecule has 2 aromatic heterocycles. The Kier molecular flexibility index (Phi) is 5.52. The highest BCUT2D eigenvalue weighted by atomic mass is 16.2. The van der Waals surface area contributed by atoms with Crippen molar-refractivity contribution in [2.45, 2.75) is 53.0 Å². The number of fused-ring (bicyclic) bond motifs is 1. The van der Waals surface area contributed by atoms with Crippen molar-refractivity contribution in [3.05, 3.63) is 88.9 Å². The Labute approximate surface area is 200 Å². The normalized spacial score (nSPS) is 14.1. The zero-order valence-electron chi connectivity index (χ0n) is 20.3. The van der Waals surface area contributed by atoms with Gasteiger partial charge in [0, 0.05) is 23.0 Å². The van der Waals surface area contributed by atoms with Gasteiger partial charge in [0.15, 0.2) is 5.82 Å². The molecule has 0 N–H and O–H groups in total. The van der Waals surface area contributed by atoms with E-state index in [0.29, 0.717) is 24.0 Å². The maximum atomic E-state index is 13.0. The summed E-state index contributed by atoms with van der Waals surface area (Å²) in [6.45, 7) is 10.4. The summed E-state index contributed by atoms with van der Waals surface area (Å²) in [4.78, 5) is 24.4. The fraction of sp³-hybridized carbons (Fsp3) is 0.286. The van der Waals surface area contributed by atoms with Gasteiger partial charge in [-0.1, -0.05) is 50.2 Å². The van der Waals surface area contributed by atoms with Crippen molar-refractivity contribution in [1.82, 2.24) is 19.7 Å². The van der Waals surface area contributed by atoms with Crippen molar-refractivity contribution in [2.24, 2.45) is 0 Å². The van der Waals surface area contributed by atoms with Crippen molar-refractivity contribution in [3.63, 3.8) is 0 Å². The smallest absolute Gasteiger partial charge is 0.233 e. The minimum absolute atomic E-state index is 0.0497. The van der Waals surface area contributed by atoms with Gasteiger partial charge in [0.05, 0.1) is 23.8 Å². The Morgan fingerprint density at radius 3 is 2.38 bits per heavy atom. The minimum atomic E-state index is -0.147. The first-order valence-corrected chi connectivity index (χ1v) is 11.7. The van der Waals surface area contributed by atoms with E-state index < -0.39 is 0 Å². The molecule has 6 heteroatoms. The van der Waals surface area contributed by atoms with Crippen LogP contribution in [0.5, 0.6) is 0 Å². The zero-order chi connectivity index (χ0) is 24.0. The van der Waals surface area contributed by atoms with Crippen molar-refractivity contribution in [1.29, 1.82) is 0 Å². The van der Waals surface area contributed by atoms with E-state index in [1.54, 1.807) is 0 Å². The number of benzene rings is 2. The molecule has 0 radical (unpaired) electrons. The van der Waals surface area contributed by atoms with Crippen molar-refractivity contribution in [2.75, 3.05) is 4.90 Å². The number of nitrogens with zero attached hydrogens (tertiary/aromatic N) is 5. The van der Waals surface area contributed by atoms with E-state index >= 15 is 0 Å². The quantitative estimate of drug-likeness (QED) is 0.389. The Morgan fingerprint density at radius 1 is 0.971 bits per heavy atom. The molecule has 0 spiro atoms. The Bertz CT molecular complexity index is 1370. The van der Waals surface area contributed by atoms with Crippen LogP contribution in [0.25, 0.3) is 17.1 Å². The molecule has 0 fully saturated rings. The predicted octanol–water partition coefficient (Wildman–Crippen LogP) is 5.72. The summed E-state index contributed by atoms with van der Waals surface area (Å²) in [5.74, 6) is 1.78. The monoisotopic (exact) mass is 451 g/mol. The molecule has 6 nitrogen and oxygen atoms in total. The highest BCUT2D eigenvalue weighted by Crippen LogP contribution is 2.36. The van der Waals surface area contributed by atoms with Gasteiger partial charge in [-0.3, -0.25) is 9.69 Å². The van der Waals surface area contributed by atoms with Crippen LogP contribution in [0.3, 0.4) is 0 Å². The minimum Gasteiger partial charge on any atom is -0.289 e. The molecule has 34 heavy (non-hydrogen) atoms. The van der Waals surface area contributed by atoms with Crippen LogP contribution < -0.4 is 4.90 Å². The van der Waals surface area contributed by atoms with Crippen LogP contribution in [-0.4, -0.2) is 25.7 Å². The second-order valence-corrected chi connectivity index (χ2v) is 9.33. The summed E-state index contributed by atoms with van der Waals surface area (Å²) in [6, 6.07) is 18.4. The number of carbonyl (C=O) groups is 1. The number of amides is 1. The number of anilines is 1. The topological polar surface area (TPSA) is 63.9 Å². The Hall–Kier alpha value is -3.80. The molecular weight excluding hydrogens is 422 g/mol. The maximum Gasteiger partial charge on any atom is 0.233 e. The van der Waals surface area contributed by atoms with E-state index in [2.05, 4.69) is 73.3 Å². The van der Waals surface area contributed by atoms with Crippen molar-refractivity contribution < 1.29 is 4.79 Å². The number of hydrogen-bond donors (Lipinski definition) is 0. The van der Waals surface area contributed by atoms with E-state index in [0.717, 1.165) is 33.8 Å². The Morgan fingerprint density at radius 2 is 1.71 bits per heavy atom. The molecule has 3 heterocycles. The lowest BCUT2D eigenvalue weighted by Gasteiger charge is -2.25. The molecule has 2 aromatic carbocycles. The number of hydrogen-bond acceptors (Lipinski definition) is 4. The number of aryl methyl sites for hydroxylation is 2. The molecule has 5 rings (SSSR count).